The van der Waals surface area contributed by atoms with Gasteiger partial charge in [0.1, 0.15) is 11.4 Å². The van der Waals surface area contributed by atoms with E-state index < -0.39 is 5.60 Å². The molecule has 4 nitrogen and oxygen atoms in total. The second-order valence-corrected chi connectivity index (χ2v) is 4.87. The fourth-order valence-corrected chi connectivity index (χ4v) is 2.22. The number of rotatable bonds is 2. The molecule has 0 amide bonds. The van der Waals surface area contributed by atoms with E-state index in [2.05, 4.69) is 9.97 Å². The summed E-state index contributed by atoms with van der Waals surface area (Å²) in [5.41, 5.74) is -0.340. The fraction of sp³-hybridized carbons (Fsp3) is 0.125. The molecule has 2 aromatic carbocycles. The van der Waals surface area contributed by atoms with Crippen LogP contribution in [0.15, 0.2) is 59.4 Å². The number of hydrogen-bond donors (Lipinski definition) is 2. The van der Waals surface area contributed by atoms with Crippen LogP contribution >= 0.6 is 0 Å². The standard InChI is InChI=1S/C16H14N2O2/c1-16(20,11-7-3-2-4-8-11)15-17-13-10-6-5-9-12(13)14(19)18-15/h2-10,20H,1H3,(H,17,18,19). The summed E-state index contributed by atoms with van der Waals surface area (Å²) >= 11 is 0. The SMILES string of the molecule is CC(O)(c1ccccc1)c1nc2ccccc2c(=O)[nH]1. The number of H-pyrrole nitrogens is 1. The van der Waals surface area contributed by atoms with Gasteiger partial charge < -0.3 is 10.1 Å². The van der Waals surface area contributed by atoms with E-state index in [4.69, 9.17) is 0 Å². The van der Waals surface area contributed by atoms with E-state index >= 15 is 0 Å². The molecule has 4 heteroatoms. The first-order chi connectivity index (χ1) is 9.59. The first kappa shape index (κ1) is 12.6. The third-order valence-electron chi connectivity index (χ3n) is 3.41. The van der Waals surface area contributed by atoms with Crippen molar-refractivity contribution in [3.8, 4) is 0 Å². The molecule has 3 rings (SSSR count). The molecule has 1 heterocycles. The third kappa shape index (κ3) is 2.00. The Balaban J connectivity index is 2.22. The largest absolute Gasteiger partial charge is 0.377 e. The Labute approximate surface area is 115 Å². The number of benzene rings is 2. The molecule has 20 heavy (non-hydrogen) atoms. The van der Waals surface area contributed by atoms with Crippen LogP contribution < -0.4 is 5.56 Å². The van der Waals surface area contributed by atoms with Crippen LogP contribution in [-0.4, -0.2) is 15.1 Å². The fourth-order valence-electron chi connectivity index (χ4n) is 2.22. The molecule has 0 aliphatic heterocycles. The minimum Gasteiger partial charge on any atom is -0.377 e. The lowest BCUT2D eigenvalue weighted by Crippen LogP contribution is -2.29. The molecule has 0 aliphatic rings. The summed E-state index contributed by atoms with van der Waals surface area (Å²) in [6.07, 6.45) is 0. The van der Waals surface area contributed by atoms with Gasteiger partial charge in [-0.1, -0.05) is 42.5 Å². The van der Waals surface area contributed by atoms with E-state index in [1.165, 1.54) is 0 Å². The summed E-state index contributed by atoms with van der Waals surface area (Å²) in [7, 11) is 0. The number of nitrogens with one attached hydrogen (secondary N) is 1. The van der Waals surface area contributed by atoms with Crippen molar-refractivity contribution in [1.29, 1.82) is 0 Å². The minimum absolute atomic E-state index is 0.243. The number of aromatic amines is 1. The molecule has 1 unspecified atom stereocenters. The highest BCUT2D eigenvalue weighted by atomic mass is 16.3. The summed E-state index contributed by atoms with van der Waals surface area (Å²) in [5.74, 6) is 0.243. The van der Waals surface area contributed by atoms with Crippen LogP contribution in [0.2, 0.25) is 0 Å². The molecule has 3 aromatic rings. The van der Waals surface area contributed by atoms with Gasteiger partial charge in [0.15, 0.2) is 0 Å². The molecular weight excluding hydrogens is 252 g/mol. The lowest BCUT2D eigenvalue weighted by molar-refractivity contribution is 0.0923. The smallest absolute Gasteiger partial charge is 0.258 e. The first-order valence-electron chi connectivity index (χ1n) is 6.36. The second kappa shape index (κ2) is 4.58. The van der Waals surface area contributed by atoms with E-state index in [9.17, 15) is 9.90 Å². The Morgan fingerprint density at radius 3 is 2.45 bits per heavy atom. The number of hydrogen-bond acceptors (Lipinski definition) is 3. The molecular formula is C16H14N2O2. The average Bonchev–Trinajstić information content (AvgIpc) is 2.48. The second-order valence-electron chi connectivity index (χ2n) is 4.87. The van der Waals surface area contributed by atoms with Crippen molar-refractivity contribution < 1.29 is 5.11 Å². The van der Waals surface area contributed by atoms with Gasteiger partial charge in [0.2, 0.25) is 0 Å². The van der Waals surface area contributed by atoms with Crippen LogP contribution in [0.5, 0.6) is 0 Å². The normalized spacial score (nSPS) is 14.1. The van der Waals surface area contributed by atoms with E-state index in [1.54, 1.807) is 37.3 Å². The van der Waals surface area contributed by atoms with Gasteiger partial charge >= 0.3 is 0 Å². The van der Waals surface area contributed by atoms with Gasteiger partial charge in [-0.05, 0) is 24.6 Å². The zero-order chi connectivity index (χ0) is 14.2. The van der Waals surface area contributed by atoms with E-state index in [1.807, 2.05) is 24.3 Å². The average molecular weight is 266 g/mol. The summed E-state index contributed by atoms with van der Waals surface area (Å²) in [5, 5.41) is 11.2. The molecule has 0 fully saturated rings. The molecule has 0 aliphatic carbocycles. The molecule has 2 N–H and O–H groups in total. The Bertz CT molecular complexity index is 807. The van der Waals surface area contributed by atoms with Crippen LogP contribution in [0.4, 0.5) is 0 Å². The maximum atomic E-state index is 12.1. The summed E-state index contributed by atoms with van der Waals surface area (Å²) < 4.78 is 0. The number of para-hydroxylation sites is 1. The molecule has 0 spiro atoms. The van der Waals surface area contributed by atoms with Crippen molar-refractivity contribution in [2.45, 2.75) is 12.5 Å². The number of fused-ring (bicyclic) bond motifs is 1. The van der Waals surface area contributed by atoms with Gasteiger partial charge in [0.05, 0.1) is 10.9 Å². The summed E-state index contributed by atoms with van der Waals surface area (Å²) in [4.78, 5) is 19.1. The van der Waals surface area contributed by atoms with Crippen LogP contribution in [-0.2, 0) is 5.60 Å². The number of aromatic nitrogens is 2. The lowest BCUT2D eigenvalue weighted by atomic mass is 9.95. The van der Waals surface area contributed by atoms with Gasteiger partial charge in [-0.25, -0.2) is 4.98 Å². The van der Waals surface area contributed by atoms with Gasteiger partial charge in [-0.3, -0.25) is 4.79 Å². The summed E-state index contributed by atoms with van der Waals surface area (Å²) in [6.45, 7) is 1.62. The lowest BCUT2D eigenvalue weighted by Gasteiger charge is -2.22. The van der Waals surface area contributed by atoms with E-state index in [-0.39, 0.29) is 11.4 Å². The van der Waals surface area contributed by atoms with Crippen molar-refractivity contribution in [3.05, 3.63) is 76.3 Å². The van der Waals surface area contributed by atoms with Gasteiger partial charge in [0, 0.05) is 0 Å². The van der Waals surface area contributed by atoms with E-state index in [0.717, 1.165) is 0 Å². The topological polar surface area (TPSA) is 66.0 Å². The highest BCUT2D eigenvalue weighted by Crippen LogP contribution is 2.26. The van der Waals surface area contributed by atoms with Crippen molar-refractivity contribution in [2.75, 3.05) is 0 Å². The molecule has 1 atom stereocenters. The maximum absolute atomic E-state index is 12.1. The monoisotopic (exact) mass is 266 g/mol. The molecule has 100 valence electrons. The van der Waals surface area contributed by atoms with Crippen LogP contribution in [0.3, 0.4) is 0 Å². The predicted octanol–water partition coefficient (Wildman–Crippen LogP) is 2.18. The highest BCUT2D eigenvalue weighted by molar-refractivity contribution is 5.77. The molecule has 1 aromatic heterocycles. The van der Waals surface area contributed by atoms with Gasteiger partial charge in [-0.2, -0.15) is 0 Å². The minimum atomic E-state index is -1.34. The van der Waals surface area contributed by atoms with Crippen molar-refractivity contribution in [3.63, 3.8) is 0 Å². The van der Waals surface area contributed by atoms with Gasteiger partial charge in [-0.15, -0.1) is 0 Å². The van der Waals surface area contributed by atoms with E-state index in [0.29, 0.717) is 16.5 Å². The predicted molar refractivity (Wildman–Crippen MR) is 77.5 cm³/mol. The van der Waals surface area contributed by atoms with Crippen molar-refractivity contribution >= 4 is 10.9 Å². The zero-order valence-corrected chi connectivity index (χ0v) is 11.0. The number of nitrogens with zero attached hydrogens (tertiary/aromatic N) is 1. The van der Waals surface area contributed by atoms with Crippen molar-refractivity contribution in [2.24, 2.45) is 0 Å². The Hall–Kier alpha value is -2.46. The van der Waals surface area contributed by atoms with Gasteiger partial charge in [0.25, 0.3) is 5.56 Å². The zero-order valence-electron chi connectivity index (χ0n) is 11.0. The molecule has 0 radical (unpaired) electrons. The van der Waals surface area contributed by atoms with Crippen LogP contribution in [0.1, 0.15) is 18.3 Å². The molecule has 0 saturated heterocycles. The third-order valence-corrected chi connectivity index (χ3v) is 3.41. The first-order valence-corrected chi connectivity index (χ1v) is 6.36. The maximum Gasteiger partial charge on any atom is 0.258 e. The van der Waals surface area contributed by atoms with Crippen LogP contribution in [0, 0.1) is 0 Å². The molecule has 0 saturated carbocycles. The Morgan fingerprint density at radius 1 is 1.05 bits per heavy atom. The Kier molecular flexibility index (Phi) is 2.88. The quantitative estimate of drug-likeness (QED) is 0.747. The Morgan fingerprint density at radius 2 is 1.70 bits per heavy atom. The molecule has 0 bridgehead atoms. The number of aliphatic hydroxyl groups is 1. The highest BCUT2D eigenvalue weighted by Gasteiger charge is 2.28. The summed E-state index contributed by atoms with van der Waals surface area (Å²) in [6, 6.07) is 16.2. The van der Waals surface area contributed by atoms with Crippen molar-refractivity contribution in [1.82, 2.24) is 9.97 Å². The van der Waals surface area contributed by atoms with Crippen LogP contribution in [0.25, 0.3) is 10.9 Å².